The van der Waals surface area contributed by atoms with Crippen LogP contribution in [-0.4, -0.2) is 47.2 Å². The molecule has 5 rings (SSSR count). The third-order valence-corrected chi connectivity index (χ3v) is 5.62. The van der Waals surface area contributed by atoms with Crippen LogP contribution in [0.5, 0.6) is 0 Å². The number of hydrogen-bond donors (Lipinski definition) is 2. The van der Waals surface area contributed by atoms with E-state index >= 15 is 0 Å². The Labute approximate surface area is 197 Å². The molecule has 8 heteroatoms. The highest BCUT2D eigenvalue weighted by Crippen LogP contribution is 2.31. The lowest BCUT2D eigenvalue weighted by molar-refractivity contribution is -0.111. The van der Waals surface area contributed by atoms with Crippen molar-refractivity contribution in [1.29, 1.82) is 0 Å². The van der Waals surface area contributed by atoms with Gasteiger partial charge in [-0.15, -0.1) is 0 Å². The van der Waals surface area contributed by atoms with Crippen molar-refractivity contribution in [2.75, 3.05) is 41.8 Å². The monoisotopic (exact) mass is 452 g/mol. The summed E-state index contributed by atoms with van der Waals surface area (Å²) in [6.07, 6.45) is 6.38. The van der Waals surface area contributed by atoms with Gasteiger partial charge in [0.05, 0.1) is 42.0 Å². The Bertz CT molecular complexity index is 1350. The van der Waals surface area contributed by atoms with Crippen molar-refractivity contribution >= 4 is 39.8 Å². The molecule has 0 radical (unpaired) electrons. The van der Waals surface area contributed by atoms with Gasteiger partial charge in [0.25, 0.3) is 0 Å². The summed E-state index contributed by atoms with van der Waals surface area (Å²) in [7, 11) is 0. The fraction of sp³-hybridized carbons (Fsp3) is 0.154. The van der Waals surface area contributed by atoms with Crippen LogP contribution in [-0.2, 0) is 9.53 Å². The average molecular weight is 453 g/mol. The second kappa shape index (κ2) is 9.68. The zero-order valence-electron chi connectivity index (χ0n) is 18.6. The Morgan fingerprint density at radius 3 is 2.76 bits per heavy atom. The van der Waals surface area contributed by atoms with Gasteiger partial charge in [0.2, 0.25) is 11.9 Å². The third-order valence-electron chi connectivity index (χ3n) is 5.62. The molecule has 0 atom stereocenters. The number of carbonyl (C=O) groups excluding carboxylic acids is 1. The molecule has 3 heterocycles. The van der Waals surface area contributed by atoms with Gasteiger partial charge < -0.3 is 20.3 Å². The minimum absolute atomic E-state index is 0.287. The van der Waals surface area contributed by atoms with Gasteiger partial charge in [0.15, 0.2) is 0 Å². The van der Waals surface area contributed by atoms with Crippen LogP contribution >= 0.6 is 0 Å². The van der Waals surface area contributed by atoms with Gasteiger partial charge in [-0.1, -0.05) is 36.9 Å². The number of anilines is 4. The maximum atomic E-state index is 11.7. The molecule has 4 aromatic rings. The summed E-state index contributed by atoms with van der Waals surface area (Å²) in [5.41, 5.74) is 5.15. The van der Waals surface area contributed by atoms with Crippen LogP contribution in [0.25, 0.3) is 22.0 Å². The van der Waals surface area contributed by atoms with E-state index in [9.17, 15) is 4.79 Å². The Morgan fingerprint density at radius 2 is 1.91 bits per heavy atom. The van der Waals surface area contributed by atoms with Crippen molar-refractivity contribution < 1.29 is 9.53 Å². The molecule has 2 aromatic heterocycles. The van der Waals surface area contributed by atoms with Crippen molar-refractivity contribution in [2.24, 2.45) is 0 Å². The first-order valence-corrected chi connectivity index (χ1v) is 11.0. The van der Waals surface area contributed by atoms with Crippen LogP contribution in [0, 0.1) is 0 Å². The predicted octanol–water partition coefficient (Wildman–Crippen LogP) is 4.40. The zero-order chi connectivity index (χ0) is 23.3. The fourth-order valence-corrected chi connectivity index (χ4v) is 3.98. The number of rotatable bonds is 6. The van der Waals surface area contributed by atoms with Crippen molar-refractivity contribution in [1.82, 2.24) is 15.0 Å². The number of carbonyl (C=O) groups is 1. The van der Waals surface area contributed by atoms with E-state index < -0.39 is 0 Å². The molecular formula is C26H24N6O2. The van der Waals surface area contributed by atoms with Crippen molar-refractivity contribution in [3.63, 3.8) is 0 Å². The highest BCUT2D eigenvalue weighted by atomic mass is 16.5. The Hall–Kier alpha value is -4.30. The average Bonchev–Trinajstić information content (AvgIpc) is 2.89. The van der Waals surface area contributed by atoms with E-state index in [1.54, 1.807) is 12.4 Å². The number of ether oxygens (including phenoxy) is 1. The number of pyridine rings is 1. The standard InChI is InChI=1S/C26H24N6O2/c1-2-24(33)29-20-14-19(15-27-17-20)21-7-5-6-18-16-28-26(31-25(18)21)30-22-8-3-4-9-23(22)32-10-12-34-13-11-32/h2-9,14-17H,1,10-13H2,(H,29,33)(H,28,30,31). The molecule has 1 saturated heterocycles. The molecule has 1 fully saturated rings. The summed E-state index contributed by atoms with van der Waals surface area (Å²) in [5.74, 6) is 0.217. The van der Waals surface area contributed by atoms with E-state index in [0.717, 1.165) is 46.5 Å². The van der Waals surface area contributed by atoms with Gasteiger partial charge in [-0.25, -0.2) is 9.97 Å². The van der Waals surface area contributed by atoms with E-state index in [2.05, 4.69) is 38.1 Å². The van der Waals surface area contributed by atoms with Gasteiger partial charge in [-0.05, 0) is 24.3 Å². The smallest absolute Gasteiger partial charge is 0.247 e. The third kappa shape index (κ3) is 4.57. The van der Waals surface area contributed by atoms with Crippen LogP contribution in [0.15, 0.2) is 79.8 Å². The molecule has 1 amide bonds. The zero-order valence-corrected chi connectivity index (χ0v) is 18.6. The van der Waals surface area contributed by atoms with Crippen LogP contribution in [0.1, 0.15) is 0 Å². The summed E-state index contributed by atoms with van der Waals surface area (Å²) in [6, 6.07) is 15.9. The topological polar surface area (TPSA) is 92.3 Å². The lowest BCUT2D eigenvalue weighted by atomic mass is 10.0. The highest BCUT2D eigenvalue weighted by Gasteiger charge is 2.16. The normalized spacial score (nSPS) is 13.5. The Balaban J connectivity index is 1.50. The summed E-state index contributed by atoms with van der Waals surface area (Å²) in [4.78, 5) is 27.7. The van der Waals surface area contributed by atoms with E-state index in [1.807, 2.05) is 48.7 Å². The number of aromatic nitrogens is 3. The van der Waals surface area contributed by atoms with Crippen LogP contribution in [0.3, 0.4) is 0 Å². The highest BCUT2D eigenvalue weighted by molar-refractivity contribution is 6.00. The minimum atomic E-state index is -0.287. The predicted molar refractivity (Wildman–Crippen MR) is 134 cm³/mol. The van der Waals surface area contributed by atoms with Gasteiger partial charge in [0.1, 0.15) is 0 Å². The van der Waals surface area contributed by atoms with Crippen molar-refractivity contribution in [2.45, 2.75) is 0 Å². The number of amides is 1. The van der Waals surface area contributed by atoms with Gasteiger partial charge >= 0.3 is 0 Å². The van der Waals surface area contributed by atoms with Crippen molar-refractivity contribution in [3.8, 4) is 11.1 Å². The first kappa shape index (κ1) is 21.5. The minimum Gasteiger partial charge on any atom is -0.378 e. The van der Waals surface area contributed by atoms with E-state index in [0.29, 0.717) is 24.8 Å². The van der Waals surface area contributed by atoms with E-state index in [4.69, 9.17) is 9.72 Å². The van der Waals surface area contributed by atoms with Gasteiger partial charge in [-0.2, -0.15) is 0 Å². The second-order valence-electron chi connectivity index (χ2n) is 7.83. The Morgan fingerprint density at radius 1 is 1.06 bits per heavy atom. The first-order valence-electron chi connectivity index (χ1n) is 11.0. The van der Waals surface area contributed by atoms with Crippen molar-refractivity contribution in [3.05, 3.63) is 79.8 Å². The maximum Gasteiger partial charge on any atom is 0.247 e. The first-order chi connectivity index (χ1) is 16.7. The van der Waals surface area contributed by atoms with Gasteiger partial charge in [0, 0.05) is 42.0 Å². The molecule has 1 aliphatic heterocycles. The van der Waals surface area contributed by atoms with Crippen LogP contribution in [0.4, 0.5) is 23.0 Å². The molecule has 0 bridgehead atoms. The molecular weight excluding hydrogens is 428 g/mol. The van der Waals surface area contributed by atoms with E-state index in [-0.39, 0.29) is 5.91 Å². The summed E-state index contributed by atoms with van der Waals surface area (Å²) in [5, 5.41) is 7.06. The van der Waals surface area contributed by atoms with Gasteiger partial charge in [-0.3, -0.25) is 9.78 Å². The fourth-order valence-electron chi connectivity index (χ4n) is 3.98. The number of hydrogen-bond acceptors (Lipinski definition) is 7. The molecule has 0 unspecified atom stereocenters. The SMILES string of the molecule is C=CC(=O)Nc1cncc(-c2cccc3cnc(Nc4ccccc4N4CCOCC4)nc23)c1. The largest absolute Gasteiger partial charge is 0.378 e. The molecule has 8 nitrogen and oxygen atoms in total. The number of fused-ring (bicyclic) bond motifs is 1. The summed E-state index contributed by atoms with van der Waals surface area (Å²) < 4.78 is 5.50. The summed E-state index contributed by atoms with van der Waals surface area (Å²) >= 11 is 0. The molecule has 0 spiro atoms. The molecule has 170 valence electrons. The molecule has 2 aromatic carbocycles. The number of nitrogens with zero attached hydrogens (tertiary/aromatic N) is 4. The Kier molecular flexibility index (Phi) is 6.13. The lowest BCUT2D eigenvalue weighted by Gasteiger charge is -2.30. The van der Waals surface area contributed by atoms with Crippen LogP contribution < -0.4 is 15.5 Å². The van der Waals surface area contributed by atoms with Crippen LogP contribution in [0.2, 0.25) is 0 Å². The van der Waals surface area contributed by atoms with E-state index in [1.165, 1.54) is 6.08 Å². The lowest BCUT2D eigenvalue weighted by Crippen LogP contribution is -2.36. The molecule has 0 saturated carbocycles. The second-order valence-corrected chi connectivity index (χ2v) is 7.83. The number of para-hydroxylation sites is 3. The quantitative estimate of drug-likeness (QED) is 0.419. The number of morpholine rings is 1. The molecule has 1 aliphatic rings. The number of nitrogens with one attached hydrogen (secondary N) is 2. The number of benzene rings is 2. The summed E-state index contributed by atoms with van der Waals surface area (Å²) in [6.45, 7) is 6.60. The molecule has 34 heavy (non-hydrogen) atoms. The molecule has 2 N–H and O–H groups in total. The maximum absolute atomic E-state index is 11.7. The molecule has 0 aliphatic carbocycles.